The van der Waals surface area contributed by atoms with E-state index in [1.54, 1.807) is 6.92 Å². The second-order valence-electron chi connectivity index (χ2n) is 4.14. The molecule has 2 aromatic rings. The maximum Gasteiger partial charge on any atom is 0.333 e. The third-order valence-corrected chi connectivity index (χ3v) is 2.93. The van der Waals surface area contributed by atoms with Crippen LogP contribution < -0.4 is 0 Å². The average molecular weight is 244 g/mol. The Balaban J connectivity index is 2.32. The third kappa shape index (κ3) is 2.27. The van der Waals surface area contributed by atoms with Gasteiger partial charge in [0, 0.05) is 12.1 Å². The van der Waals surface area contributed by atoms with Crippen LogP contribution in [-0.4, -0.2) is 22.6 Å². The Labute approximate surface area is 106 Å². The van der Waals surface area contributed by atoms with Gasteiger partial charge >= 0.3 is 5.97 Å². The zero-order chi connectivity index (χ0) is 13.1. The number of benzene rings is 1. The molecule has 0 bridgehead atoms. The molecule has 0 amide bonds. The van der Waals surface area contributed by atoms with Gasteiger partial charge in [-0.3, -0.25) is 0 Å². The lowest BCUT2D eigenvalue weighted by molar-refractivity contribution is -0.136. The van der Waals surface area contributed by atoms with Crippen molar-refractivity contribution in [3.63, 3.8) is 0 Å². The molecule has 18 heavy (non-hydrogen) atoms. The summed E-state index contributed by atoms with van der Waals surface area (Å²) < 4.78 is 6.74. The Morgan fingerprint density at radius 2 is 2.17 bits per heavy atom. The van der Waals surface area contributed by atoms with E-state index in [0.717, 1.165) is 16.9 Å². The molecule has 0 aliphatic rings. The number of methoxy groups -OCH3 is 1. The van der Waals surface area contributed by atoms with Crippen LogP contribution >= 0.6 is 0 Å². The molecule has 0 radical (unpaired) electrons. The van der Waals surface area contributed by atoms with Crippen LogP contribution in [0.15, 0.2) is 35.9 Å². The molecule has 0 unspecified atom stereocenters. The Hall–Kier alpha value is -2.10. The van der Waals surface area contributed by atoms with E-state index in [0.29, 0.717) is 12.1 Å². The minimum atomic E-state index is -0.294. The van der Waals surface area contributed by atoms with Crippen molar-refractivity contribution < 1.29 is 9.53 Å². The van der Waals surface area contributed by atoms with E-state index < -0.39 is 0 Å². The lowest BCUT2D eigenvalue weighted by Crippen LogP contribution is -2.04. The molecule has 0 fully saturated rings. The third-order valence-electron chi connectivity index (χ3n) is 2.93. The number of esters is 1. The number of carbonyl (C=O) groups is 1. The van der Waals surface area contributed by atoms with Gasteiger partial charge in [-0.2, -0.15) is 0 Å². The summed E-state index contributed by atoms with van der Waals surface area (Å²) in [6.07, 6.45) is 1.85. The first-order valence-corrected chi connectivity index (χ1v) is 5.80. The van der Waals surface area contributed by atoms with Crippen LogP contribution in [-0.2, 0) is 16.1 Å². The molecule has 4 heteroatoms. The molecule has 1 heterocycles. The zero-order valence-electron chi connectivity index (χ0n) is 10.8. The van der Waals surface area contributed by atoms with Gasteiger partial charge in [0.25, 0.3) is 0 Å². The standard InChI is InChI=1S/C14H16N2O2/c1-10(14(17)18-3)8-9-16-11(2)15-12-6-4-5-7-13(12)16/h4-8H,9H2,1-3H3. The van der Waals surface area contributed by atoms with Crippen molar-refractivity contribution in [2.45, 2.75) is 20.4 Å². The fourth-order valence-corrected chi connectivity index (χ4v) is 1.90. The smallest absolute Gasteiger partial charge is 0.333 e. The van der Waals surface area contributed by atoms with Crippen LogP contribution in [0.4, 0.5) is 0 Å². The second-order valence-corrected chi connectivity index (χ2v) is 4.14. The molecule has 0 spiro atoms. The van der Waals surface area contributed by atoms with Gasteiger partial charge in [0.2, 0.25) is 0 Å². The molecule has 0 aliphatic carbocycles. The summed E-state index contributed by atoms with van der Waals surface area (Å²) in [5.74, 6) is 0.641. The van der Waals surface area contributed by atoms with Crippen LogP contribution in [0.25, 0.3) is 11.0 Å². The van der Waals surface area contributed by atoms with Crippen molar-refractivity contribution >= 4 is 17.0 Å². The summed E-state index contributed by atoms with van der Waals surface area (Å²) in [4.78, 5) is 15.8. The molecule has 1 aromatic heterocycles. The van der Waals surface area contributed by atoms with Gasteiger partial charge in [0.05, 0.1) is 18.1 Å². The summed E-state index contributed by atoms with van der Waals surface area (Å²) in [6, 6.07) is 7.96. The second kappa shape index (κ2) is 5.04. The zero-order valence-corrected chi connectivity index (χ0v) is 10.8. The Kier molecular flexibility index (Phi) is 3.46. The molecule has 2 rings (SSSR count). The fourth-order valence-electron chi connectivity index (χ4n) is 1.90. The number of rotatable bonds is 3. The molecule has 0 saturated carbocycles. The fraction of sp³-hybridized carbons (Fsp3) is 0.286. The van der Waals surface area contributed by atoms with E-state index in [9.17, 15) is 4.79 Å². The van der Waals surface area contributed by atoms with Crippen molar-refractivity contribution in [3.8, 4) is 0 Å². The van der Waals surface area contributed by atoms with Gasteiger partial charge in [-0.1, -0.05) is 18.2 Å². The molecular formula is C14H16N2O2. The number of ether oxygens (including phenoxy) is 1. The Morgan fingerprint density at radius 1 is 1.44 bits per heavy atom. The van der Waals surface area contributed by atoms with Crippen LogP contribution in [0.3, 0.4) is 0 Å². The number of nitrogens with zero attached hydrogens (tertiary/aromatic N) is 2. The summed E-state index contributed by atoms with van der Waals surface area (Å²) in [6.45, 7) is 4.33. The highest BCUT2D eigenvalue weighted by Gasteiger charge is 2.07. The Morgan fingerprint density at radius 3 is 2.89 bits per heavy atom. The number of fused-ring (bicyclic) bond motifs is 1. The highest BCUT2D eigenvalue weighted by atomic mass is 16.5. The van der Waals surface area contributed by atoms with Crippen molar-refractivity contribution in [2.24, 2.45) is 0 Å². The molecule has 0 atom stereocenters. The quantitative estimate of drug-likeness (QED) is 0.615. The van der Waals surface area contributed by atoms with E-state index in [2.05, 4.69) is 14.3 Å². The van der Waals surface area contributed by atoms with Crippen LogP contribution in [0.1, 0.15) is 12.7 Å². The monoisotopic (exact) mass is 244 g/mol. The molecule has 4 nitrogen and oxygen atoms in total. The van der Waals surface area contributed by atoms with Gasteiger partial charge in [-0.15, -0.1) is 0 Å². The lowest BCUT2D eigenvalue weighted by atomic mass is 10.2. The molecular weight excluding hydrogens is 228 g/mol. The van der Waals surface area contributed by atoms with E-state index in [1.165, 1.54) is 7.11 Å². The predicted molar refractivity (Wildman–Crippen MR) is 70.2 cm³/mol. The first-order valence-electron chi connectivity index (χ1n) is 5.80. The first kappa shape index (κ1) is 12.4. The van der Waals surface area contributed by atoms with Crippen molar-refractivity contribution in [1.29, 1.82) is 0 Å². The molecule has 1 aromatic carbocycles. The number of para-hydroxylation sites is 2. The number of hydrogen-bond acceptors (Lipinski definition) is 3. The van der Waals surface area contributed by atoms with Crippen molar-refractivity contribution in [1.82, 2.24) is 9.55 Å². The predicted octanol–water partition coefficient (Wildman–Crippen LogP) is 2.46. The summed E-state index contributed by atoms with van der Waals surface area (Å²) in [7, 11) is 1.39. The number of hydrogen-bond donors (Lipinski definition) is 0. The Bertz CT molecular complexity index is 611. The first-order chi connectivity index (χ1) is 8.63. The molecule has 94 valence electrons. The average Bonchev–Trinajstić information content (AvgIpc) is 2.70. The van der Waals surface area contributed by atoms with Crippen LogP contribution in [0.2, 0.25) is 0 Å². The number of allylic oxidation sites excluding steroid dienone is 1. The number of aromatic nitrogens is 2. The van der Waals surface area contributed by atoms with Gasteiger partial charge in [0.15, 0.2) is 0 Å². The molecule has 0 saturated heterocycles. The topological polar surface area (TPSA) is 44.1 Å². The largest absolute Gasteiger partial charge is 0.466 e. The summed E-state index contributed by atoms with van der Waals surface area (Å²) in [5, 5.41) is 0. The SMILES string of the molecule is COC(=O)C(C)=CCn1c(C)nc2ccccc21. The van der Waals surface area contributed by atoms with Crippen molar-refractivity contribution in [3.05, 3.63) is 41.7 Å². The van der Waals surface area contributed by atoms with E-state index in [-0.39, 0.29) is 5.97 Å². The van der Waals surface area contributed by atoms with Gasteiger partial charge < -0.3 is 9.30 Å². The van der Waals surface area contributed by atoms with Gasteiger partial charge in [-0.25, -0.2) is 9.78 Å². The van der Waals surface area contributed by atoms with Crippen molar-refractivity contribution in [2.75, 3.05) is 7.11 Å². The normalized spacial score (nSPS) is 11.8. The number of imidazole rings is 1. The highest BCUT2D eigenvalue weighted by molar-refractivity contribution is 5.87. The summed E-state index contributed by atoms with van der Waals surface area (Å²) >= 11 is 0. The maximum absolute atomic E-state index is 11.3. The number of carbonyl (C=O) groups excluding carboxylic acids is 1. The molecule has 0 aliphatic heterocycles. The number of aryl methyl sites for hydroxylation is 1. The minimum absolute atomic E-state index is 0.294. The maximum atomic E-state index is 11.3. The lowest BCUT2D eigenvalue weighted by Gasteiger charge is -2.04. The minimum Gasteiger partial charge on any atom is -0.466 e. The van der Waals surface area contributed by atoms with Crippen LogP contribution in [0.5, 0.6) is 0 Å². The van der Waals surface area contributed by atoms with Gasteiger partial charge in [-0.05, 0) is 26.0 Å². The molecule has 0 N–H and O–H groups in total. The van der Waals surface area contributed by atoms with E-state index >= 15 is 0 Å². The van der Waals surface area contributed by atoms with Crippen LogP contribution in [0, 0.1) is 6.92 Å². The summed E-state index contributed by atoms with van der Waals surface area (Å²) in [5.41, 5.74) is 2.65. The van der Waals surface area contributed by atoms with Gasteiger partial charge in [0.1, 0.15) is 5.82 Å². The van der Waals surface area contributed by atoms with E-state index in [4.69, 9.17) is 0 Å². The highest BCUT2D eigenvalue weighted by Crippen LogP contribution is 2.15. The van der Waals surface area contributed by atoms with E-state index in [1.807, 2.05) is 37.3 Å².